The van der Waals surface area contributed by atoms with Gasteiger partial charge in [0.05, 0.1) is 10.9 Å². The molecule has 1 amide bonds. The van der Waals surface area contributed by atoms with Gasteiger partial charge in [0.2, 0.25) is 5.91 Å². The number of carbonyl (C=O) groups is 2. The zero-order valence-electron chi connectivity index (χ0n) is 11.1. The van der Waals surface area contributed by atoms with Gasteiger partial charge < -0.3 is 10.8 Å². The quantitative estimate of drug-likeness (QED) is 0.837. The van der Waals surface area contributed by atoms with E-state index in [0.717, 1.165) is 26.7 Å². The number of amides is 1. The van der Waals surface area contributed by atoms with Crippen LogP contribution in [0.4, 0.5) is 0 Å². The Morgan fingerprint density at radius 2 is 2.14 bits per heavy atom. The number of carbonyl (C=O) groups excluding carboxylic acids is 1. The maximum Gasteiger partial charge on any atom is 0.306 e. The van der Waals surface area contributed by atoms with Crippen LogP contribution in [0.15, 0.2) is 16.1 Å². The molecule has 1 atom stereocenters. The molecule has 110 valence electrons. The predicted molar refractivity (Wildman–Crippen MR) is 83.3 cm³/mol. The van der Waals surface area contributed by atoms with Gasteiger partial charge >= 0.3 is 5.97 Å². The van der Waals surface area contributed by atoms with Crippen molar-refractivity contribution in [3.63, 3.8) is 0 Å². The molecule has 0 fully saturated rings. The molecule has 2 aliphatic carbocycles. The van der Waals surface area contributed by atoms with Gasteiger partial charge in [0.1, 0.15) is 0 Å². The maximum atomic E-state index is 11.6. The topological polar surface area (TPSA) is 80.4 Å². The van der Waals surface area contributed by atoms with Crippen LogP contribution in [0, 0.1) is 5.92 Å². The average molecular weight is 371 g/mol. The molecule has 0 spiro atoms. The van der Waals surface area contributed by atoms with E-state index in [2.05, 4.69) is 15.9 Å². The second-order valence-corrected chi connectivity index (χ2v) is 6.67. The molecule has 0 heterocycles. The summed E-state index contributed by atoms with van der Waals surface area (Å²) in [6.45, 7) is 0. The molecule has 0 aromatic heterocycles. The molecule has 1 unspecified atom stereocenters. The molecule has 1 aromatic rings. The van der Waals surface area contributed by atoms with Crippen LogP contribution in [0.1, 0.15) is 40.7 Å². The SMILES string of the molecule is NC(=O)c1cc(Cl)c(Br)c2c1CC1=C2CCC(C(=O)O)C1. The number of nitrogens with two attached hydrogens (primary N) is 1. The second-order valence-electron chi connectivity index (χ2n) is 5.47. The van der Waals surface area contributed by atoms with E-state index in [1.165, 1.54) is 0 Å². The standard InChI is InChI=1S/C15H13BrClNO3/c16-13-11(17)5-10(14(18)19)9-4-7-3-6(15(20)21)1-2-8(7)12(9)13/h5-6H,1-4H2,(H2,18,19)(H,20,21). The molecule has 0 aliphatic heterocycles. The van der Waals surface area contributed by atoms with Crippen molar-refractivity contribution in [3.05, 3.63) is 37.8 Å². The molecule has 2 aliphatic rings. The van der Waals surface area contributed by atoms with E-state index in [1.807, 2.05) is 0 Å². The summed E-state index contributed by atoms with van der Waals surface area (Å²) >= 11 is 9.67. The number of hydrogen-bond donors (Lipinski definition) is 2. The summed E-state index contributed by atoms with van der Waals surface area (Å²) in [5.74, 6) is -1.61. The van der Waals surface area contributed by atoms with Crippen LogP contribution < -0.4 is 5.73 Å². The van der Waals surface area contributed by atoms with Crippen LogP contribution in [-0.2, 0) is 11.2 Å². The van der Waals surface area contributed by atoms with Crippen LogP contribution in [0.2, 0.25) is 5.02 Å². The number of primary amides is 1. The molecular formula is C15H13BrClNO3. The fourth-order valence-electron chi connectivity index (χ4n) is 3.30. The molecule has 0 radical (unpaired) electrons. The van der Waals surface area contributed by atoms with Crippen LogP contribution in [0.5, 0.6) is 0 Å². The summed E-state index contributed by atoms with van der Waals surface area (Å²) in [4.78, 5) is 22.8. The number of carboxylic acids is 1. The highest BCUT2D eigenvalue weighted by molar-refractivity contribution is 9.10. The number of rotatable bonds is 2. The monoisotopic (exact) mass is 369 g/mol. The lowest BCUT2D eigenvalue weighted by molar-refractivity contribution is -0.142. The molecule has 6 heteroatoms. The fourth-order valence-corrected chi connectivity index (χ4v) is 4.10. The second kappa shape index (κ2) is 5.14. The first-order chi connectivity index (χ1) is 9.90. The van der Waals surface area contributed by atoms with E-state index < -0.39 is 11.9 Å². The maximum absolute atomic E-state index is 11.6. The van der Waals surface area contributed by atoms with Crippen molar-refractivity contribution >= 4 is 45.0 Å². The molecule has 1 aromatic carbocycles. The molecule has 4 nitrogen and oxygen atoms in total. The first kappa shape index (κ1) is 14.6. The van der Waals surface area contributed by atoms with Crippen molar-refractivity contribution in [3.8, 4) is 0 Å². The third-order valence-corrected chi connectivity index (χ3v) is 5.65. The van der Waals surface area contributed by atoms with Crippen molar-refractivity contribution < 1.29 is 14.7 Å². The van der Waals surface area contributed by atoms with E-state index in [1.54, 1.807) is 6.07 Å². The van der Waals surface area contributed by atoms with Gasteiger partial charge in [-0.05, 0) is 64.4 Å². The number of fused-ring (bicyclic) bond motifs is 2. The zero-order valence-corrected chi connectivity index (χ0v) is 13.4. The highest BCUT2D eigenvalue weighted by Gasteiger charge is 2.34. The number of halogens is 2. The van der Waals surface area contributed by atoms with Crippen molar-refractivity contribution in [1.82, 2.24) is 0 Å². The van der Waals surface area contributed by atoms with E-state index in [-0.39, 0.29) is 5.92 Å². The minimum atomic E-state index is -0.760. The summed E-state index contributed by atoms with van der Waals surface area (Å²) < 4.78 is 0.767. The van der Waals surface area contributed by atoms with Gasteiger partial charge in [-0.1, -0.05) is 17.2 Å². The zero-order chi connectivity index (χ0) is 15.3. The summed E-state index contributed by atoms with van der Waals surface area (Å²) in [5.41, 5.74) is 9.90. The summed E-state index contributed by atoms with van der Waals surface area (Å²) in [6, 6.07) is 1.58. The Labute approximate surface area is 135 Å². The first-order valence-corrected chi connectivity index (χ1v) is 7.82. The van der Waals surface area contributed by atoms with Gasteiger partial charge in [-0.2, -0.15) is 0 Å². The van der Waals surface area contributed by atoms with Crippen molar-refractivity contribution in [2.45, 2.75) is 25.7 Å². The average Bonchev–Trinajstić information content (AvgIpc) is 2.80. The minimum absolute atomic E-state index is 0.343. The Morgan fingerprint density at radius 3 is 2.76 bits per heavy atom. The smallest absolute Gasteiger partial charge is 0.306 e. The molecular weight excluding hydrogens is 358 g/mol. The molecule has 0 saturated carbocycles. The highest BCUT2D eigenvalue weighted by atomic mass is 79.9. The van der Waals surface area contributed by atoms with Crippen LogP contribution in [-0.4, -0.2) is 17.0 Å². The van der Waals surface area contributed by atoms with E-state index >= 15 is 0 Å². The highest BCUT2D eigenvalue weighted by Crippen LogP contribution is 2.48. The number of hydrogen-bond acceptors (Lipinski definition) is 2. The molecule has 21 heavy (non-hydrogen) atoms. The molecule has 3 rings (SSSR count). The predicted octanol–water partition coefficient (Wildman–Crippen LogP) is 3.40. The lowest BCUT2D eigenvalue weighted by Crippen LogP contribution is -2.17. The molecule has 3 N–H and O–H groups in total. The lowest BCUT2D eigenvalue weighted by Gasteiger charge is -2.21. The Bertz CT molecular complexity index is 711. The summed E-state index contributed by atoms with van der Waals surface area (Å²) in [6.07, 6.45) is 2.42. The summed E-state index contributed by atoms with van der Waals surface area (Å²) in [5, 5.41) is 9.64. The van der Waals surface area contributed by atoms with Crippen LogP contribution in [0.3, 0.4) is 0 Å². The largest absolute Gasteiger partial charge is 0.481 e. The molecule has 0 bridgehead atoms. The van der Waals surface area contributed by atoms with Crippen LogP contribution >= 0.6 is 27.5 Å². The Kier molecular flexibility index (Phi) is 3.58. The van der Waals surface area contributed by atoms with Crippen molar-refractivity contribution in [1.29, 1.82) is 0 Å². The van der Waals surface area contributed by atoms with Gasteiger partial charge in [-0.25, -0.2) is 0 Å². The van der Waals surface area contributed by atoms with Crippen molar-refractivity contribution in [2.24, 2.45) is 11.7 Å². The van der Waals surface area contributed by atoms with Gasteiger partial charge in [-0.3, -0.25) is 9.59 Å². The number of allylic oxidation sites excluding steroid dienone is 2. The Hall–Kier alpha value is -1.33. The van der Waals surface area contributed by atoms with Crippen molar-refractivity contribution in [2.75, 3.05) is 0 Å². The third-order valence-electron chi connectivity index (χ3n) is 4.30. The van der Waals surface area contributed by atoms with Gasteiger partial charge in [-0.15, -0.1) is 0 Å². The van der Waals surface area contributed by atoms with Gasteiger partial charge in [0.25, 0.3) is 0 Å². The Morgan fingerprint density at radius 1 is 1.43 bits per heavy atom. The van der Waals surface area contributed by atoms with Gasteiger partial charge in [0.15, 0.2) is 0 Å². The molecule has 0 saturated heterocycles. The number of aliphatic carboxylic acids is 1. The fraction of sp³-hybridized carbons (Fsp3) is 0.333. The number of carboxylic acid groups (broad SMARTS) is 1. The number of benzene rings is 1. The normalized spacial score (nSPS) is 20.2. The lowest BCUT2D eigenvalue weighted by atomic mass is 9.84. The Balaban J connectivity index is 2.11. The summed E-state index contributed by atoms with van der Waals surface area (Å²) in [7, 11) is 0. The van der Waals surface area contributed by atoms with E-state index in [9.17, 15) is 14.7 Å². The van der Waals surface area contributed by atoms with E-state index in [4.69, 9.17) is 17.3 Å². The van der Waals surface area contributed by atoms with E-state index in [0.29, 0.717) is 36.3 Å². The van der Waals surface area contributed by atoms with Crippen LogP contribution in [0.25, 0.3) is 5.57 Å². The minimum Gasteiger partial charge on any atom is -0.481 e. The third kappa shape index (κ3) is 2.28. The van der Waals surface area contributed by atoms with Gasteiger partial charge in [0, 0.05) is 10.0 Å². The first-order valence-electron chi connectivity index (χ1n) is 6.65.